The van der Waals surface area contributed by atoms with Gasteiger partial charge in [-0.05, 0) is 109 Å². The summed E-state index contributed by atoms with van der Waals surface area (Å²) in [5.74, 6) is -0.964. The molecule has 0 heterocycles. The van der Waals surface area contributed by atoms with Crippen LogP contribution in [0.25, 0.3) is 0 Å². The molecule has 6 heteroatoms. The molecule has 0 bridgehead atoms. The summed E-state index contributed by atoms with van der Waals surface area (Å²) in [4.78, 5) is 37.5. The van der Waals surface area contributed by atoms with Gasteiger partial charge in [-0.1, -0.05) is 206 Å². The molecule has 366 valence electrons. The van der Waals surface area contributed by atoms with Crippen LogP contribution in [-0.2, 0) is 28.6 Å². The van der Waals surface area contributed by atoms with Crippen molar-refractivity contribution in [2.24, 2.45) is 0 Å². The Balaban J connectivity index is 4.17. The van der Waals surface area contributed by atoms with E-state index in [0.29, 0.717) is 19.3 Å². The molecule has 1 unspecified atom stereocenters. The lowest BCUT2D eigenvalue weighted by molar-refractivity contribution is -0.167. The van der Waals surface area contributed by atoms with Crippen LogP contribution < -0.4 is 0 Å². The van der Waals surface area contributed by atoms with Gasteiger partial charge in [-0.15, -0.1) is 0 Å². The second kappa shape index (κ2) is 52.4. The molecule has 0 aliphatic rings. The molecule has 0 aliphatic carbocycles. The topological polar surface area (TPSA) is 78.9 Å². The lowest BCUT2D eigenvalue weighted by atomic mass is 10.1. The number of carbonyl (C=O) groups excluding carboxylic acids is 3. The van der Waals surface area contributed by atoms with E-state index < -0.39 is 6.10 Å². The third-order valence-corrected chi connectivity index (χ3v) is 10.5. The first-order valence-corrected chi connectivity index (χ1v) is 26.0. The van der Waals surface area contributed by atoms with Crippen molar-refractivity contribution >= 4 is 17.9 Å². The van der Waals surface area contributed by atoms with E-state index in [1.54, 1.807) is 0 Å². The third kappa shape index (κ3) is 50.7. The zero-order valence-corrected chi connectivity index (χ0v) is 41.7. The van der Waals surface area contributed by atoms with Gasteiger partial charge in [-0.25, -0.2) is 0 Å². The average Bonchev–Trinajstić information content (AvgIpc) is 3.30. The molecule has 0 N–H and O–H groups in total. The average molecular weight is 899 g/mol. The van der Waals surface area contributed by atoms with Crippen LogP contribution in [-0.4, -0.2) is 37.2 Å². The fourth-order valence-electron chi connectivity index (χ4n) is 6.53. The highest BCUT2D eigenvalue weighted by Gasteiger charge is 2.19. The largest absolute Gasteiger partial charge is 0.462 e. The Labute approximate surface area is 399 Å². The van der Waals surface area contributed by atoms with Crippen LogP contribution in [0.1, 0.15) is 213 Å². The first-order chi connectivity index (χ1) is 32.0. The fraction of sp³-hybridized carbons (Fsp3) is 0.610. The summed E-state index contributed by atoms with van der Waals surface area (Å²) in [6, 6.07) is 0. The van der Waals surface area contributed by atoms with E-state index in [9.17, 15) is 14.4 Å². The maximum atomic E-state index is 12.7. The van der Waals surface area contributed by atoms with E-state index in [1.165, 1.54) is 25.7 Å². The Morgan fingerprint density at radius 1 is 0.323 bits per heavy atom. The molecular formula is C59H94O6. The molecule has 0 saturated carbocycles. The van der Waals surface area contributed by atoms with Crippen LogP contribution >= 0.6 is 0 Å². The van der Waals surface area contributed by atoms with Crippen molar-refractivity contribution in [1.29, 1.82) is 0 Å². The van der Waals surface area contributed by atoms with Crippen LogP contribution in [0.5, 0.6) is 0 Å². The molecule has 0 aliphatic heterocycles. The van der Waals surface area contributed by atoms with Gasteiger partial charge >= 0.3 is 17.9 Å². The Kier molecular flexibility index (Phi) is 49.1. The summed E-state index contributed by atoms with van der Waals surface area (Å²) < 4.78 is 16.6. The fourth-order valence-corrected chi connectivity index (χ4v) is 6.53. The molecule has 65 heavy (non-hydrogen) atoms. The normalized spacial score (nSPS) is 13.1. The van der Waals surface area contributed by atoms with Crippen molar-refractivity contribution in [3.63, 3.8) is 0 Å². The smallest absolute Gasteiger partial charge is 0.306 e. The van der Waals surface area contributed by atoms with Gasteiger partial charge in [0.15, 0.2) is 6.10 Å². The van der Waals surface area contributed by atoms with E-state index in [0.717, 1.165) is 148 Å². The Morgan fingerprint density at radius 3 is 1.02 bits per heavy atom. The second-order valence-corrected chi connectivity index (χ2v) is 16.7. The van der Waals surface area contributed by atoms with Crippen LogP contribution in [0.4, 0.5) is 0 Å². The Morgan fingerprint density at radius 2 is 0.615 bits per heavy atom. The van der Waals surface area contributed by atoms with Crippen molar-refractivity contribution in [1.82, 2.24) is 0 Å². The zero-order valence-electron chi connectivity index (χ0n) is 41.7. The second-order valence-electron chi connectivity index (χ2n) is 16.7. The van der Waals surface area contributed by atoms with Gasteiger partial charge in [-0.3, -0.25) is 14.4 Å². The van der Waals surface area contributed by atoms with Crippen molar-refractivity contribution in [2.75, 3.05) is 13.2 Å². The summed E-state index contributed by atoms with van der Waals surface area (Å²) >= 11 is 0. The number of hydrogen-bond acceptors (Lipinski definition) is 6. The van der Waals surface area contributed by atoms with Crippen LogP contribution in [0.2, 0.25) is 0 Å². The number of esters is 3. The molecule has 0 amide bonds. The van der Waals surface area contributed by atoms with E-state index >= 15 is 0 Å². The summed E-state index contributed by atoms with van der Waals surface area (Å²) in [6.45, 7) is 6.34. The molecule has 0 rings (SSSR count). The molecule has 0 radical (unpaired) electrons. The highest BCUT2D eigenvalue weighted by molar-refractivity contribution is 5.71. The van der Waals surface area contributed by atoms with Gasteiger partial charge in [0.2, 0.25) is 0 Å². The predicted octanol–water partition coefficient (Wildman–Crippen LogP) is 17.3. The molecular weight excluding hydrogens is 805 g/mol. The first kappa shape index (κ1) is 60.8. The lowest BCUT2D eigenvalue weighted by Gasteiger charge is -2.18. The Bertz CT molecular complexity index is 1400. The van der Waals surface area contributed by atoms with E-state index in [-0.39, 0.29) is 31.1 Å². The summed E-state index contributed by atoms with van der Waals surface area (Å²) in [6.07, 6.45) is 72.3. The quantitative estimate of drug-likeness (QED) is 0.0262. The van der Waals surface area contributed by atoms with Crippen molar-refractivity contribution in [3.8, 4) is 0 Å². The number of allylic oxidation sites excluding steroid dienone is 20. The van der Waals surface area contributed by atoms with E-state index in [2.05, 4.69) is 142 Å². The molecule has 6 nitrogen and oxygen atoms in total. The third-order valence-electron chi connectivity index (χ3n) is 10.5. The lowest BCUT2D eigenvalue weighted by Crippen LogP contribution is -2.30. The van der Waals surface area contributed by atoms with Gasteiger partial charge in [-0.2, -0.15) is 0 Å². The molecule has 0 aromatic heterocycles. The van der Waals surface area contributed by atoms with Crippen LogP contribution in [0, 0.1) is 0 Å². The summed E-state index contributed by atoms with van der Waals surface area (Å²) in [5.41, 5.74) is 0. The van der Waals surface area contributed by atoms with Gasteiger partial charge < -0.3 is 14.2 Å². The van der Waals surface area contributed by atoms with E-state index in [1.807, 2.05) is 0 Å². The highest BCUT2D eigenvalue weighted by atomic mass is 16.6. The molecule has 0 aromatic rings. The molecule has 0 saturated heterocycles. The van der Waals surface area contributed by atoms with E-state index in [4.69, 9.17) is 14.2 Å². The van der Waals surface area contributed by atoms with Gasteiger partial charge in [0.1, 0.15) is 13.2 Å². The molecule has 0 aromatic carbocycles. The highest BCUT2D eigenvalue weighted by Crippen LogP contribution is 2.12. The summed E-state index contributed by atoms with van der Waals surface area (Å²) in [5, 5.41) is 0. The van der Waals surface area contributed by atoms with Crippen molar-refractivity contribution in [2.45, 2.75) is 219 Å². The predicted molar refractivity (Wildman–Crippen MR) is 279 cm³/mol. The van der Waals surface area contributed by atoms with Crippen LogP contribution in [0.15, 0.2) is 122 Å². The standard InChI is InChI=1S/C59H94O6/c1-4-7-10-13-15-17-19-20-21-22-23-24-25-26-27-28-29-30-31-32-33-34-35-36-37-38-40-41-43-46-49-52-58(61)64-55-56(54-63-57(60)51-48-45-12-9-6-3)65-59(62)53-50-47-44-42-39-18-16-14-11-8-5-2/h7,10,14-17,20-21,23-24,26-27,29-30,32-33,35-36,38,40,56H,4-6,8-9,11-13,18-19,22,25,28,31,34,37,39,41-55H2,1-3H3/b10-7-,16-14-,17-15-,21-20-,24-23-,27-26-,30-29-,33-32-,36-35-,40-38-. The molecule has 1 atom stereocenters. The maximum absolute atomic E-state index is 12.7. The maximum Gasteiger partial charge on any atom is 0.306 e. The number of carbonyl (C=O) groups is 3. The molecule has 0 spiro atoms. The monoisotopic (exact) mass is 899 g/mol. The minimum atomic E-state index is -0.793. The van der Waals surface area contributed by atoms with Gasteiger partial charge in [0, 0.05) is 19.3 Å². The summed E-state index contributed by atoms with van der Waals surface area (Å²) in [7, 11) is 0. The number of rotatable bonds is 45. The first-order valence-electron chi connectivity index (χ1n) is 26.0. The number of unbranched alkanes of at least 4 members (excludes halogenated alkanes) is 14. The van der Waals surface area contributed by atoms with Crippen molar-refractivity contribution in [3.05, 3.63) is 122 Å². The number of ether oxygens (including phenoxy) is 3. The number of hydrogen-bond donors (Lipinski definition) is 0. The molecule has 0 fully saturated rings. The minimum Gasteiger partial charge on any atom is -0.462 e. The van der Waals surface area contributed by atoms with Crippen molar-refractivity contribution < 1.29 is 28.6 Å². The zero-order chi connectivity index (χ0) is 47.2. The van der Waals surface area contributed by atoms with Gasteiger partial charge in [0.25, 0.3) is 0 Å². The Hall–Kier alpha value is -4.19. The minimum absolute atomic E-state index is 0.0954. The van der Waals surface area contributed by atoms with Crippen LogP contribution in [0.3, 0.4) is 0 Å². The van der Waals surface area contributed by atoms with Gasteiger partial charge in [0.05, 0.1) is 0 Å². The SMILES string of the molecule is CC/C=C\C/C=C\C/C=C\C/C=C\C/C=C\C/C=C\C/C=C\C/C=C\C/C=C\CCCCCC(=O)OCC(COC(=O)CCCCCCC)OC(=O)CCCCCCC/C=C\CCCC.